The van der Waals surface area contributed by atoms with Gasteiger partial charge >= 0.3 is 5.97 Å². The monoisotopic (exact) mass is 271 g/mol. The molecule has 0 saturated carbocycles. The molecule has 0 amide bonds. The standard InChI is InChI=1S/C16H17NO3/c1-11-10-12(16(18)19)4-9-15(11)17(2)13-5-7-14(20-3)8-6-13/h4-10H,1-3H3,(H,18,19). The Morgan fingerprint density at radius 2 is 1.80 bits per heavy atom. The quantitative estimate of drug-likeness (QED) is 0.925. The van der Waals surface area contributed by atoms with Crippen LogP contribution >= 0.6 is 0 Å². The number of hydrogen-bond donors (Lipinski definition) is 1. The summed E-state index contributed by atoms with van der Waals surface area (Å²) in [6.45, 7) is 1.90. The third-order valence-electron chi connectivity index (χ3n) is 3.26. The smallest absolute Gasteiger partial charge is 0.335 e. The van der Waals surface area contributed by atoms with Gasteiger partial charge in [-0.25, -0.2) is 4.79 Å². The summed E-state index contributed by atoms with van der Waals surface area (Å²) in [5.41, 5.74) is 3.20. The van der Waals surface area contributed by atoms with Crippen molar-refractivity contribution in [3.8, 4) is 5.75 Å². The Hall–Kier alpha value is -2.49. The molecule has 0 aliphatic heterocycles. The molecule has 2 aromatic rings. The van der Waals surface area contributed by atoms with Crippen LogP contribution in [-0.2, 0) is 0 Å². The molecule has 0 aliphatic carbocycles. The van der Waals surface area contributed by atoms with Gasteiger partial charge in [-0.2, -0.15) is 0 Å². The number of methoxy groups -OCH3 is 1. The number of hydrogen-bond acceptors (Lipinski definition) is 3. The zero-order valence-electron chi connectivity index (χ0n) is 11.8. The Bertz CT molecular complexity index is 620. The number of aryl methyl sites for hydroxylation is 1. The van der Waals surface area contributed by atoms with E-state index in [4.69, 9.17) is 9.84 Å². The van der Waals surface area contributed by atoms with Crippen molar-refractivity contribution in [3.05, 3.63) is 53.6 Å². The van der Waals surface area contributed by atoms with Crippen molar-refractivity contribution in [2.45, 2.75) is 6.92 Å². The molecule has 104 valence electrons. The molecule has 0 aromatic heterocycles. The van der Waals surface area contributed by atoms with E-state index in [-0.39, 0.29) is 0 Å². The average molecular weight is 271 g/mol. The van der Waals surface area contributed by atoms with Gasteiger partial charge in [0, 0.05) is 18.4 Å². The summed E-state index contributed by atoms with van der Waals surface area (Å²) in [5.74, 6) is -0.105. The van der Waals surface area contributed by atoms with Crippen LogP contribution in [0.3, 0.4) is 0 Å². The lowest BCUT2D eigenvalue weighted by molar-refractivity contribution is 0.0697. The molecule has 0 radical (unpaired) electrons. The Kier molecular flexibility index (Phi) is 3.94. The van der Waals surface area contributed by atoms with E-state index in [2.05, 4.69) is 0 Å². The summed E-state index contributed by atoms with van der Waals surface area (Å²) in [6.07, 6.45) is 0. The number of anilines is 2. The highest BCUT2D eigenvalue weighted by atomic mass is 16.5. The number of carbonyl (C=O) groups is 1. The summed E-state index contributed by atoms with van der Waals surface area (Å²) in [5, 5.41) is 8.99. The van der Waals surface area contributed by atoms with Gasteiger partial charge < -0.3 is 14.7 Å². The number of benzene rings is 2. The molecule has 4 nitrogen and oxygen atoms in total. The summed E-state index contributed by atoms with van der Waals surface area (Å²) >= 11 is 0. The third-order valence-corrected chi connectivity index (χ3v) is 3.26. The Labute approximate surface area is 118 Å². The van der Waals surface area contributed by atoms with Crippen molar-refractivity contribution in [1.29, 1.82) is 0 Å². The second-order valence-corrected chi connectivity index (χ2v) is 4.56. The molecular weight excluding hydrogens is 254 g/mol. The highest BCUT2D eigenvalue weighted by molar-refractivity contribution is 5.88. The number of nitrogens with zero attached hydrogens (tertiary/aromatic N) is 1. The van der Waals surface area contributed by atoms with Crippen molar-refractivity contribution in [1.82, 2.24) is 0 Å². The third kappa shape index (κ3) is 2.74. The Morgan fingerprint density at radius 1 is 1.15 bits per heavy atom. The molecule has 2 rings (SSSR count). The summed E-state index contributed by atoms with van der Waals surface area (Å²) < 4.78 is 5.14. The fourth-order valence-electron chi connectivity index (χ4n) is 2.11. The zero-order chi connectivity index (χ0) is 14.7. The first-order valence-corrected chi connectivity index (χ1v) is 6.24. The van der Waals surface area contributed by atoms with Crippen LogP contribution in [0, 0.1) is 6.92 Å². The largest absolute Gasteiger partial charge is 0.497 e. The van der Waals surface area contributed by atoms with Gasteiger partial charge in [-0.1, -0.05) is 0 Å². The van der Waals surface area contributed by atoms with E-state index in [0.29, 0.717) is 5.56 Å². The van der Waals surface area contributed by atoms with E-state index in [0.717, 1.165) is 22.7 Å². The minimum absolute atomic E-state index is 0.300. The van der Waals surface area contributed by atoms with Gasteiger partial charge in [0.15, 0.2) is 0 Å². The Balaban J connectivity index is 2.32. The van der Waals surface area contributed by atoms with Gasteiger partial charge in [0.1, 0.15) is 5.75 Å². The van der Waals surface area contributed by atoms with Crippen LogP contribution in [0.2, 0.25) is 0 Å². The van der Waals surface area contributed by atoms with E-state index >= 15 is 0 Å². The highest BCUT2D eigenvalue weighted by Gasteiger charge is 2.10. The topological polar surface area (TPSA) is 49.8 Å². The van der Waals surface area contributed by atoms with Crippen LogP contribution in [0.1, 0.15) is 15.9 Å². The van der Waals surface area contributed by atoms with Crippen LogP contribution in [0.15, 0.2) is 42.5 Å². The molecular formula is C16H17NO3. The molecule has 0 aliphatic rings. The lowest BCUT2D eigenvalue weighted by Gasteiger charge is -2.22. The van der Waals surface area contributed by atoms with Crippen molar-refractivity contribution < 1.29 is 14.6 Å². The molecule has 0 bridgehead atoms. The molecule has 0 spiro atoms. The van der Waals surface area contributed by atoms with E-state index in [9.17, 15) is 4.79 Å². The minimum Gasteiger partial charge on any atom is -0.497 e. The number of rotatable bonds is 4. The number of ether oxygens (including phenoxy) is 1. The van der Waals surface area contributed by atoms with Crippen molar-refractivity contribution in [2.24, 2.45) is 0 Å². The van der Waals surface area contributed by atoms with Crippen molar-refractivity contribution in [3.63, 3.8) is 0 Å². The van der Waals surface area contributed by atoms with Crippen LogP contribution in [0.25, 0.3) is 0 Å². The van der Waals surface area contributed by atoms with Crippen molar-refractivity contribution >= 4 is 17.3 Å². The maximum Gasteiger partial charge on any atom is 0.335 e. The predicted octanol–water partition coefficient (Wildman–Crippen LogP) is 3.47. The van der Waals surface area contributed by atoms with E-state index in [1.54, 1.807) is 19.2 Å². The normalized spacial score (nSPS) is 10.2. The maximum atomic E-state index is 10.9. The molecule has 1 N–H and O–H groups in total. The first-order valence-electron chi connectivity index (χ1n) is 6.24. The molecule has 2 aromatic carbocycles. The van der Waals surface area contributed by atoms with Crippen LogP contribution < -0.4 is 9.64 Å². The maximum absolute atomic E-state index is 10.9. The molecule has 20 heavy (non-hydrogen) atoms. The SMILES string of the molecule is COc1ccc(N(C)c2ccc(C(=O)O)cc2C)cc1. The summed E-state index contributed by atoms with van der Waals surface area (Å²) in [6, 6.07) is 12.8. The molecule has 0 atom stereocenters. The van der Waals surface area contributed by atoms with E-state index in [1.165, 1.54) is 0 Å². The summed E-state index contributed by atoms with van der Waals surface area (Å²) in [4.78, 5) is 13.0. The minimum atomic E-state index is -0.910. The fraction of sp³-hybridized carbons (Fsp3) is 0.188. The van der Waals surface area contributed by atoms with Crippen LogP contribution in [0.4, 0.5) is 11.4 Å². The zero-order valence-corrected chi connectivity index (χ0v) is 11.8. The molecule has 0 fully saturated rings. The lowest BCUT2D eigenvalue weighted by Crippen LogP contribution is -2.11. The predicted molar refractivity (Wildman–Crippen MR) is 79.2 cm³/mol. The van der Waals surface area contributed by atoms with Gasteiger partial charge in [0.2, 0.25) is 0 Å². The first-order chi connectivity index (χ1) is 9.52. The number of aromatic carboxylic acids is 1. The van der Waals surface area contributed by atoms with Crippen LogP contribution in [0.5, 0.6) is 5.75 Å². The molecule has 4 heteroatoms. The number of carboxylic acids is 1. The van der Waals surface area contributed by atoms with Crippen molar-refractivity contribution in [2.75, 3.05) is 19.1 Å². The van der Waals surface area contributed by atoms with Gasteiger partial charge in [0.25, 0.3) is 0 Å². The highest BCUT2D eigenvalue weighted by Crippen LogP contribution is 2.28. The van der Waals surface area contributed by atoms with E-state index in [1.807, 2.05) is 49.2 Å². The second-order valence-electron chi connectivity index (χ2n) is 4.56. The van der Waals surface area contributed by atoms with Gasteiger partial charge in [-0.3, -0.25) is 0 Å². The molecule has 0 heterocycles. The molecule has 0 unspecified atom stereocenters. The van der Waals surface area contributed by atoms with Gasteiger partial charge in [-0.05, 0) is 55.0 Å². The van der Waals surface area contributed by atoms with E-state index < -0.39 is 5.97 Å². The lowest BCUT2D eigenvalue weighted by atomic mass is 10.1. The Morgan fingerprint density at radius 3 is 2.30 bits per heavy atom. The summed E-state index contributed by atoms with van der Waals surface area (Å²) in [7, 11) is 3.58. The van der Waals surface area contributed by atoms with Gasteiger partial charge in [0.05, 0.1) is 12.7 Å². The fourth-order valence-corrected chi connectivity index (χ4v) is 2.11. The average Bonchev–Trinajstić information content (AvgIpc) is 2.46. The second kappa shape index (κ2) is 5.65. The molecule has 0 saturated heterocycles. The van der Waals surface area contributed by atoms with Crippen LogP contribution in [-0.4, -0.2) is 25.2 Å². The van der Waals surface area contributed by atoms with Gasteiger partial charge in [-0.15, -0.1) is 0 Å². The number of carboxylic acid groups (broad SMARTS) is 1. The first kappa shape index (κ1) is 13.9.